The number of carbonyl (C=O) groups is 1. The fraction of sp³-hybridized carbons (Fsp3) is 0.250. The molecule has 5 nitrogen and oxygen atoms in total. The molecular formula is C20H22N4OS. The second-order valence-electron chi connectivity index (χ2n) is 6.16. The van der Waals surface area contributed by atoms with Gasteiger partial charge in [0.2, 0.25) is 0 Å². The third-order valence-corrected chi connectivity index (χ3v) is 5.07. The molecule has 0 spiro atoms. The molecule has 0 N–H and O–H groups in total. The molecule has 0 unspecified atom stereocenters. The molecule has 1 atom stereocenters. The average molecular weight is 366 g/mol. The molecule has 2 aromatic carbocycles. The van der Waals surface area contributed by atoms with Gasteiger partial charge in [-0.3, -0.25) is 4.79 Å². The Kier molecular flexibility index (Phi) is 5.73. The molecule has 6 heteroatoms. The lowest BCUT2D eigenvalue weighted by molar-refractivity contribution is 0.0742. The van der Waals surface area contributed by atoms with E-state index in [4.69, 9.17) is 0 Å². The van der Waals surface area contributed by atoms with E-state index in [1.165, 1.54) is 11.9 Å². The Bertz CT molecular complexity index is 862. The van der Waals surface area contributed by atoms with Crippen molar-refractivity contribution in [3.05, 3.63) is 77.9 Å². The van der Waals surface area contributed by atoms with Crippen molar-refractivity contribution in [3.63, 3.8) is 0 Å². The van der Waals surface area contributed by atoms with Gasteiger partial charge in [0.15, 0.2) is 0 Å². The molecule has 0 aliphatic carbocycles. The number of benzene rings is 2. The average Bonchev–Trinajstić information content (AvgIpc) is 3.22. The minimum absolute atomic E-state index is 0.0285. The largest absolute Gasteiger partial charge is 0.335 e. The van der Waals surface area contributed by atoms with Crippen LogP contribution in [0.1, 0.15) is 34.5 Å². The molecule has 1 amide bonds. The molecule has 0 radical (unpaired) electrons. The maximum Gasteiger partial charge on any atom is 0.254 e. The molecule has 26 heavy (non-hydrogen) atoms. The van der Waals surface area contributed by atoms with Crippen LogP contribution in [0, 0.1) is 0 Å². The van der Waals surface area contributed by atoms with E-state index in [2.05, 4.69) is 22.4 Å². The maximum absolute atomic E-state index is 12.9. The highest BCUT2D eigenvalue weighted by atomic mass is 32.2. The fourth-order valence-corrected chi connectivity index (χ4v) is 3.32. The Balaban J connectivity index is 1.75. The van der Waals surface area contributed by atoms with Crippen LogP contribution in [0.2, 0.25) is 0 Å². The van der Waals surface area contributed by atoms with Crippen molar-refractivity contribution in [1.82, 2.24) is 19.7 Å². The molecule has 0 aliphatic heterocycles. The molecule has 0 aliphatic rings. The minimum Gasteiger partial charge on any atom is -0.335 e. The summed E-state index contributed by atoms with van der Waals surface area (Å²) >= 11 is 1.75. The fourth-order valence-electron chi connectivity index (χ4n) is 2.81. The van der Waals surface area contributed by atoms with Crippen LogP contribution in [0.5, 0.6) is 0 Å². The van der Waals surface area contributed by atoms with Crippen LogP contribution in [0.15, 0.2) is 61.2 Å². The first-order valence-electron chi connectivity index (χ1n) is 8.40. The lowest BCUT2D eigenvalue weighted by Gasteiger charge is -2.26. The van der Waals surface area contributed by atoms with Crippen LogP contribution in [0.4, 0.5) is 0 Å². The van der Waals surface area contributed by atoms with Gasteiger partial charge in [0.1, 0.15) is 12.7 Å². The molecule has 1 aromatic heterocycles. The van der Waals surface area contributed by atoms with Crippen LogP contribution in [0.3, 0.4) is 0 Å². The highest BCUT2D eigenvalue weighted by Crippen LogP contribution is 2.22. The second-order valence-corrected chi connectivity index (χ2v) is 7.02. The summed E-state index contributed by atoms with van der Waals surface area (Å²) in [7, 11) is 1.85. The van der Waals surface area contributed by atoms with Crippen molar-refractivity contribution in [2.24, 2.45) is 0 Å². The van der Waals surface area contributed by atoms with Crippen LogP contribution in [-0.2, 0) is 5.75 Å². The van der Waals surface area contributed by atoms with E-state index in [1.807, 2.05) is 56.4 Å². The molecule has 3 rings (SSSR count). The van der Waals surface area contributed by atoms with Crippen molar-refractivity contribution >= 4 is 17.7 Å². The first-order chi connectivity index (χ1) is 12.6. The Morgan fingerprint density at radius 2 is 2.00 bits per heavy atom. The first kappa shape index (κ1) is 18.2. The van der Waals surface area contributed by atoms with Crippen molar-refractivity contribution in [3.8, 4) is 5.69 Å². The SMILES string of the molecule is CSCc1cccc(C(=O)N(C)[C@@H](C)c2ccc(-n3cncn3)cc2)c1. The standard InChI is InChI=1S/C20H22N4OS/c1-15(17-7-9-19(10-8-17)24-14-21-13-22-24)23(2)20(25)18-6-4-5-16(11-18)12-26-3/h4-11,13-15H,12H2,1-3H3/t15-/m0/s1. The van der Waals surface area contributed by atoms with Crippen LogP contribution >= 0.6 is 11.8 Å². The predicted octanol–water partition coefficient (Wildman–Crippen LogP) is 3.96. The summed E-state index contributed by atoms with van der Waals surface area (Å²) in [5.41, 5.74) is 3.91. The summed E-state index contributed by atoms with van der Waals surface area (Å²) in [6.07, 6.45) is 5.23. The van der Waals surface area contributed by atoms with Gasteiger partial charge in [0, 0.05) is 18.4 Å². The summed E-state index contributed by atoms with van der Waals surface area (Å²) < 4.78 is 1.71. The van der Waals surface area contributed by atoms with E-state index in [1.54, 1.807) is 27.7 Å². The van der Waals surface area contributed by atoms with Gasteiger partial charge in [0.05, 0.1) is 11.7 Å². The van der Waals surface area contributed by atoms with Gasteiger partial charge in [-0.15, -0.1) is 0 Å². The number of carbonyl (C=O) groups excluding carboxylic acids is 1. The molecule has 1 heterocycles. The summed E-state index contributed by atoms with van der Waals surface area (Å²) in [4.78, 5) is 18.6. The van der Waals surface area contributed by atoms with Crippen molar-refractivity contribution < 1.29 is 4.79 Å². The summed E-state index contributed by atoms with van der Waals surface area (Å²) in [6.45, 7) is 2.04. The summed E-state index contributed by atoms with van der Waals surface area (Å²) in [5.74, 6) is 0.935. The van der Waals surface area contributed by atoms with Gasteiger partial charge in [-0.25, -0.2) is 9.67 Å². The third-order valence-electron chi connectivity index (χ3n) is 4.45. The zero-order valence-electron chi connectivity index (χ0n) is 15.2. The molecule has 0 fully saturated rings. The topological polar surface area (TPSA) is 51.0 Å². The van der Waals surface area contributed by atoms with Gasteiger partial charge < -0.3 is 4.90 Å². The monoisotopic (exact) mass is 366 g/mol. The zero-order valence-corrected chi connectivity index (χ0v) is 16.0. The Morgan fingerprint density at radius 1 is 1.23 bits per heavy atom. The minimum atomic E-state index is -0.0310. The van der Waals surface area contributed by atoms with Gasteiger partial charge in [-0.05, 0) is 48.6 Å². The number of hydrogen-bond acceptors (Lipinski definition) is 4. The van der Waals surface area contributed by atoms with Gasteiger partial charge in [0.25, 0.3) is 5.91 Å². The summed E-state index contributed by atoms with van der Waals surface area (Å²) in [6, 6.07) is 15.8. The van der Waals surface area contributed by atoms with E-state index in [9.17, 15) is 4.79 Å². The van der Waals surface area contributed by atoms with E-state index in [-0.39, 0.29) is 11.9 Å². The van der Waals surface area contributed by atoms with Crippen LogP contribution in [-0.4, -0.2) is 38.9 Å². The van der Waals surface area contributed by atoms with E-state index in [0.29, 0.717) is 0 Å². The van der Waals surface area contributed by atoms with Crippen molar-refractivity contribution in [2.75, 3.05) is 13.3 Å². The number of aromatic nitrogens is 3. The molecule has 0 saturated carbocycles. The number of amides is 1. The quantitative estimate of drug-likeness (QED) is 0.662. The zero-order chi connectivity index (χ0) is 18.5. The number of nitrogens with zero attached hydrogens (tertiary/aromatic N) is 4. The third kappa shape index (κ3) is 3.96. The smallest absolute Gasteiger partial charge is 0.254 e. The number of hydrogen-bond donors (Lipinski definition) is 0. The normalized spacial score (nSPS) is 12.0. The molecular weight excluding hydrogens is 344 g/mol. The predicted molar refractivity (Wildman–Crippen MR) is 106 cm³/mol. The lowest BCUT2D eigenvalue weighted by Crippen LogP contribution is -2.29. The van der Waals surface area contributed by atoms with Crippen molar-refractivity contribution in [1.29, 1.82) is 0 Å². The van der Waals surface area contributed by atoms with Crippen LogP contribution < -0.4 is 0 Å². The molecule has 134 valence electrons. The lowest BCUT2D eigenvalue weighted by atomic mass is 10.0. The Hall–Kier alpha value is -2.60. The Morgan fingerprint density at radius 3 is 2.65 bits per heavy atom. The highest BCUT2D eigenvalue weighted by molar-refractivity contribution is 7.97. The van der Waals surface area contributed by atoms with E-state index in [0.717, 1.165) is 22.6 Å². The van der Waals surface area contributed by atoms with Crippen LogP contribution in [0.25, 0.3) is 5.69 Å². The van der Waals surface area contributed by atoms with E-state index >= 15 is 0 Å². The van der Waals surface area contributed by atoms with Gasteiger partial charge in [-0.2, -0.15) is 16.9 Å². The van der Waals surface area contributed by atoms with Gasteiger partial charge in [-0.1, -0.05) is 24.3 Å². The summed E-state index contributed by atoms with van der Waals surface area (Å²) in [5, 5.41) is 4.13. The highest BCUT2D eigenvalue weighted by Gasteiger charge is 2.19. The molecule has 0 bridgehead atoms. The molecule has 0 saturated heterocycles. The molecule has 3 aromatic rings. The number of rotatable bonds is 6. The van der Waals surface area contributed by atoms with E-state index < -0.39 is 0 Å². The number of thioether (sulfide) groups is 1. The van der Waals surface area contributed by atoms with Crippen molar-refractivity contribution in [2.45, 2.75) is 18.7 Å². The first-order valence-corrected chi connectivity index (χ1v) is 9.79. The maximum atomic E-state index is 12.9. The Labute approximate surface area is 158 Å². The second kappa shape index (κ2) is 8.19. The van der Waals surface area contributed by atoms with Gasteiger partial charge >= 0.3 is 0 Å².